The number of thioether (sulfide) groups is 1. The lowest BCUT2D eigenvalue weighted by atomic mass is 10.4. The average molecular weight is 325 g/mol. The zero-order valence-corrected chi connectivity index (χ0v) is 13.3. The van der Waals surface area contributed by atoms with Gasteiger partial charge in [-0.1, -0.05) is 18.5 Å². The van der Waals surface area contributed by atoms with Gasteiger partial charge < -0.3 is 9.88 Å². The maximum atomic E-state index is 11.8. The van der Waals surface area contributed by atoms with E-state index in [0.717, 1.165) is 23.7 Å². The van der Waals surface area contributed by atoms with Gasteiger partial charge in [0.15, 0.2) is 5.82 Å². The van der Waals surface area contributed by atoms with Crippen molar-refractivity contribution < 1.29 is 4.79 Å². The van der Waals surface area contributed by atoms with Crippen molar-refractivity contribution in [2.75, 3.05) is 5.75 Å². The Labute approximate surface area is 133 Å². The van der Waals surface area contributed by atoms with Gasteiger partial charge in [-0.05, 0) is 30.7 Å². The molecule has 0 saturated heterocycles. The van der Waals surface area contributed by atoms with E-state index in [1.54, 1.807) is 6.33 Å². The minimum absolute atomic E-state index is 0.0269. The van der Waals surface area contributed by atoms with Crippen molar-refractivity contribution in [2.45, 2.75) is 31.3 Å². The van der Waals surface area contributed by atoms with E-state index in [9.17, 15) is 4.79 Å². The largest absolute Gasteiger partial charge is 0.348 e. The first kappa shape index (κ1) is 15.9. The summed E-state index contributed by atoms with van der Waals surface area (Å²) in [6.45, 7) is 3.35. The van der Waals surface area contributed by atoms with E-state index in [2.05, 4.69) is 22.4 Å². The first-order valence-corrected chi connectivity index (χ1v) is 8.07. The molecule has 1 N–H and O–H groups in total. The van der Waals surface area contributed by atoms with E-state index < -0.39 is 0 Å². The second-order valence-electron chi connectivity index (χ2n) is 4.46. The van der Waals surface area contributed by atoms with Gasteiger partial charge in [0.05, 0.1) is 12.3 Å². The van der Waals surface area contributed by atoms with Crippen LogP contribution < -0.4 is 5.32 Å². The van der Waals surface area contributed by atoms with Crippen molar-refractivity contribution in [3.63, 3.8) is 0 Å². The molecular formula is C14H17ClN4OS. The number of hydrogen-bond acceptors (Lipinski definition) is 4. The molecule has 0 fully saturated rings. The molecule has 1 heterocycles. The monoisotopic (exact) mass is 324 g/mol. The first-order chi connectivity index (χ1) is 10.2. The van der Waals surface area contributed by atoms with Crippen molar-refractivity contribution in [1.82, 2.24) is 20.1 Å². The number of aromatic nitrogens is 3. The molecule has 0 atom stereocenters. The smallest absolute Gasteiger partial charge is 0.230 e. The Morgan fingerprint density at radius 1 is 1.38 bits per heavy atom. The summed E-state index contributed by atoms with van der Waals surface area (Å²) in [5, 5.41) is 11.4. The van der Waals surface area contributed by atoms with Crippen LogP contribution >= 0.6 is 23.4 Å². The van der Waals surface area contributed by atoms with Crippen molar-refractivity contribution >= 4 is 29.3 Å². The van der Waals surface area contributed by atoms with Crippen LogP contribution in [0.2, 0.25) is 5.02 Å². The predicted molar refractivity (Wildman–Crippen MR) is 84.3 cm³/mol. The fraction of sp³-hybridized carbons (Fsp3) is 0.357. The zero-order chi connectivity index (χ0) is 15.1. The van der Waals surface area contributed by atoms with E-state index in [4.69, 9.17) is 11.6 Å². The van der Waals surface area contributed by atoms with Gasteiger partial charge in [0, 0.05) is 16.5 Å². The standard InChI is InChI=1S/C14H17ClN4OS/c1-2-7-19-10-17-18-13(19)8-16-14(20)9-21-12-5-3-11(15)4-6-12/h3-6,10H,2,7-9H2,1H3,(H,16,20). The lowest BCUT2D eigenvalue weighted by Gasteiger charge is -2.07. The van der Waals surface area contributed by atoms with Gasteiger partial charge in [-0.25, -0.2) is 0 Å². The number of halogens is 1. The Morgan fingerprint density at radius 3 is 2.86 bits per heavy atom. The third kappa shape index (κ3) is 5.06. The summed E-state index contributed by atoms with van der Waals surface area (Å²) < 4.78 is 1.95. The summed E-state index contributed by atoms with van der Waals surface area (Å²) in [5.74, 6) is 1.12. The van der Waals surface area contributed by atoms with E-state index in [0.29, 0.717) is 17.3 Å². The van der Waals surface area contributed by atoms with Crippen LogP contribution in [0.5, 0.6) is 0 Å². The summed E-state index contributed by atoms with van der Waals surface area (Å²) in [7, 11) is 0. The van der Waals surface area contributed by atoms with Crippen LogP contribution in [0.15, 0.2) is 35.5 Å². The Kier molecular flexibility index (Phi) is 6.07. The molecule has 7 heteroatoms. The molecule has 112 valence electrons. The SMILES string of the molecule is CCCn1cnnc1CNC(=O)CSc1ccc(Cl)cc1. The van der Waals surface area contributed by atoms with Crippen molar-refractivity contribution in [2.24, 2.45) is 0 Å². The molecule has 0 unspecified atom stereocenters. The van der Waals surface area contributed by atoms with Crippen molar-refractivity contribution in [3.8, 4) is 0 Å². The van der Waals surface area contributed by atoms with Gasteiger partial charge in [-0.2, -0.15) is 0 Å². The van der Waals surface area contributed by atoms with E-state index >= 15 is 0 Å². The minimum atomic E-state index is -0.0269. The summed E-state index contributed by atoms with van der Waals surface area (Å²) in [4.78, 5) is 12.8. The molecule has 1 aromatic heterocycles. The van der Waals surface area contributed by atoms with Crippen LogP contribution in [0, 0.1) is 0 Å². The van der Waals surface area contributed by atoms with Crippen LogP contribution in [0.4, 0.5) is 0 Å². The number of nitrogens with one attached hydrogen (secondary N) is 1. The molecule has 1 amide bonds. The molecule has 0 saturated carbocycles. The van der Waals surface area contributed by atoms with Gasteiger partial charge >= 0.3 is 0 Å². The van der Waals surface area contributed by atoms with Crippen LogP contribution in [-0.4, -0.2) is 26.4 Å². The van der Waals surface area contributed by atoms with Gasteiger partial charge in [0.2, 0.25) is 5.91 Å². The average Bonchev–Trinajstić information content (AvgIpc) is 2.92. The second-order valence-corrected chi connectivity index (χ2v) is 5.95. The second kappa shape index (κ2) is 8.05. The summed E-state index contributed by atoms with van der Waals surface area (Å²) in [6, 6.07) is 7.43. The number of hydrogen-bond donors (Lipinski definition) is 1. The topological polar surface area (TPSA) is 59.8 Å². The Morgan fingerprint density at radius 2 is 2.14 bits per heavy atom. The fourth-order valence-corrected chi connectivity index (χ4v) is 2.61. The number of carbonyl (C=O) groups is 1. The van der Waals surface area contributed by atoms with Gasteiger partial charge in [0.25, 0.3) is 0 Å². The van der Waals surface area contributed by atoms with E-state index in [1.165, 1.54) is 11.8 Å². The Bertz CT molecular complexity index is 585. The first-order valence-electron chi connectivity index (χ1n) is 6.70. The molecule has 2 aromatic rings. The molecule has 0 radical (unpaired) electrons. The number of benzene rings is 1. The maximum Gasteiger partial charge on any atom is 0.230 e. The highest BCUT2D eigenvalue weighted by Gasteiger charge is 2.07. The molecule has 0 aliphatic heterocycles. The lowest BCUT2D eigenvalue weighted by Crippen LogP contribution is -2.26. The third-order valence-electron chi connectivity index (χ3n) is 2.79. The highest BCUT2D eigenvalue weighted by molar-refractivity contribution is 8.00. The highest BCUT2D eigenvalue weighted by atomic mass is 35.5. The number of aryl methyl sites for hydroxylation is 1. The molecule has 0 bridgehead atoms. The Balaban J connectivity index is 1.77. The molecular weight excluding hydrogens is 308 g/mol. The fourth-order valence-electron chi connectivity index (χ4n) is 1.75. The summed E-state index contributed by atoms with van der Waals surface area (Å²) >= 11 is 7.29. The zero-order valence-electron chi connectivity index (χ0n) is 11.8. The molecule has 0 aliphatic rings. The molecule has 5 nitrogen and oxygen atoms in total. The maximum absolute atomic E-state index is 11.8. The predicted octanol–water partition coefficient (Wildman–Crippen LogP) is 2.75. The minimum Gasteiger partial charge on any atom is -0.348 e. The Hall–Kier alpha value is -1.53. The van der Waals surface area contributed by atoms with Crippen LogP contribution in [-0.2, 0) is 17.9 Å². The van der Waals surface area contributed by atoms with Crippen molar-refractivity contribution in [3.05, 3.63) is 41.4 Å². The quantitative estimate of drug-likeness (QED) is 0.796. The number of nitrogens with zero attached hydrogens (tertiary/aromatic N) is 3. The summed E-state index contributed by atoms with van der Waals surface area (Å²) in [6.07, 6.45) is 2.69. The van der Waals surface area contributed by atoms with Crippen LogP contribution in [0.25, 0.3) is 0 Å². The molecule has 0 spiro atoms. The number of carbonyl (C=O) groups excluding carboxylic acids is 1. The molecule has 1 aromatic carbocycles. The highest BCUT2D eigenvalue weighted by Crippen LogP contribution is 2.19. The molecule has 0 aliphatic carbocycles. The van der Waals surface area contributed by atoms with Crippen LogP contribution in [0.1, 0.15) is 19.2 Å². The number of rotatable bonds is 7. The van der Waals surface area contributed by atoms with Gasteiger partial charge in [-0.3, -0.25) is 4.79 Å². The van der Waals surface area contributed by atoms with E-state index in [-0.39, 0.29) is 5.91 Å². The lowest BCUT2D eigenvalue weighted by molar-refractivity contribution is -0.118. The molecule has 2 rings (SSSR count). The van der Waals surface area contributed by atoms with Gasteiger partial charge in [0.1, 0.15) is 6.33 Å². The summed E-state index contributed by atoms with van der Waals surface area (Å²) in [5.41, 5.74) is 0. The molecule has 21 heavy (non-hydrogen) atoms. The van der Waals surface area contributed by atoms with Gasteiger partial charge in [-0.15, -0.1) is 22.0 Å². The third-order valence-corrected chi connectivity index (χ3v) is 4.05. The number of amides is 1. The normalized spacial score (nSPS) is 10.6. The van der Waals surface area contributed by atoms with Crippen LogP contribution in [0.3, 0.4) is 0 Å². The van der Waals surface area contributed by atoms with E-state index in [1.807, 2.05) is 28.8 Å². The van der Waals surface area contributed by atoms with Crippen molar-refractivity contribution in [1.29, 1.82) is 0 Å².